The summed E-state index contributed by atoms with van der Waals surface area (Å²) < 4.78 is 18.5. The van der Waals surface area contributed by atoms with Crippen LogP contribution >= 0.6 is 0 Å². The van der Waals surface area contributed by atoms with Crippen molar-refractivity contribution < 1.29 is 57.9 Å². The third kappa shape index (κ3) is 7.59. The van der Waals surface area contributed by atoms with Crippen LogP contribution in [0, 0.1) is 0 Å². The highest BCUT2D eigenvalue weighted by molar-refractivity contribution is 5.81. The van der Waals surface area contributed by atoms with Crippen LogP contribution < -0.4 is 0 Å². The van der Waals surface area contributed by atoms with Gasteiger partial charge in [-0.3, -0.25) is 19.2 Å². The van der Waals surface area contributed by atoms with Gasteiger partial charge in [0.25, 0.3) is 0 Å². The summed E-state index contributed by atoms with van der Waals surface area (Å²) in [6.45, 7) is 3.41. The van der Waals surface area contributed by atoms with E-state index >= 15 is 0 Å². The smallest absolute Gasteiger partial charge is 0.349 e. The molecule has 0 aromatic heterocycles. The standard InChI is InChI=1S/C14H18O12/c1-5(15)23-9(11(13(19)20)25-7(3)17)10(24-6(2)16)12(14(21)22)26-8(4)18/h9-12H,1-4H3,(H,19,20)(H,21,22)/t9-,10+,11-,12-/m0/s1. The van der Waals surface area contributed by atoms with Crippen LogP contribution in [0.2, 0.25) is 0 Å². The summed E-state index contributed by atoms with van der Waals surface area (Å²) >= 11 is 0. The number of hydrogen-bond acceptors (Lipinski definition) is 10. The zero-order valence-electron chi connectivity index (χ0n) is 14.3. The molecule has 0 aliphatic carbocycles. The lowest BCUT2D eigenvalue weighted by molar-refractivity contribution is -0.206. The largest absolute Gasteiger partial charge is 0.478 e. The summed E-state index contributed by atoms with van der Waals surface area (Å²) in [5.74, 6) is -8.05. The zero-order chi connectivity index (χ0) is 20.6. The number of esters is 4. The monoisotopic (exact) mass is 378 g/mol. The van der Waals surface area contributed by atoms with E-state index in [1.54, 1.807) is 0 Å². The van der Waals surface area contributed by atoms with Crippen LogP contribution in [0.5, 0.6) is 0 Å². The first-order chi connectivity index (χ1) is 11.9. The molecule has 0 aliphatic heterocycles. The lowest BCUT2D eigenvalue weighted by Gasteiger charge is -2.32. The van der Waals surface area contributed by atoms with Gasteiger partial charge in [-0.1, -0.05) is 0 Å². The molecule has 0 saturated heterocycles. The lowest BCUT2D eigenvalue weighted by atomic mass is 10.0. The SMILES string of the molecule is CC(=O)O[C@H]([C@H](OC(C)=O)[C@H](OC(C)=O)C(=O)O)[C@H](OC(C)=O)C(=O)O. The minimum absolute atomic E-state index is 0.850. The molecule has 4 atom stereocenters. The molecule has 0 bridgehead atoms. The average Bonchev–Trinajstić information content (AvgIpc) is 2.44. The predicted octanol–water partition coefficient (Wildman–Crippen LogP) is -1.12. The Morgan fingerprint density at radius 3 is 0.923 bits per heavy atom. The summed E-state index contributed by atoms with van der Waals surface area (Å²) in [7, 11) is 0. The minimum atomic E-state index is -2.24. The maximum absolute atomic E-state index is 11.4. The fourth-order valence-corrected chi connectivity index (χ4v) is 1.86. The molecule has 0 spiro atoms. The molecule has 0 aromatic rings. The van der Waals surface area contributed by atoms with E-state index in [0.717, 1.165) is 27.7 Å². The number of carboxylic acids is 2. The molecule has 0 aromatic carbocycles. The molecule has 0 amide bonds. The molecule has 0 aliphatic rings. The van der Waals surface area contributed by atoms with Gasteiger partial charge in [0.15, 0.2) is 12.2 Å². The Labute approximate surface area is 146 Å². The third-order valence-electron chi connectivity index (χ3n) is 2.60. The molecular weight excluding hydrogens is 360 g/mol. The van der Waals surface area contributed by atoms with Crippen LogP contribution in [0.1, 0.15) is 27.7 Å². The molecule has 0 unspecified atom stereocenters. The fourth-order valence-electron chi connectivity index (χ4n) is 1.86. The van der Waals surface area contributed by atoms with Crippen LogP contribution in [0.25, 0.3) is 0 Å². The Kier molecular flexibility index (Phi) is 8.74. The lowest BCUT2D eigenvalue weighted by Crippen LogP contribution is -2.56. The van der Waals surface area contributed by atoms with Gasteiger partial charge >= 0.3 is 35.8 Å². The van der Waals surface area contributed by atoms with Crippen LogP contribution in [0.15, 0.2) is 0 Å². The quantitative estimate of drug-likeness (QED) is 0.365. The van der Waals surface area contributed by atoms with Gasteiger partial charge in [0, 0.05) is 27.7 Å². The van der Waals surface area contributed by atoms with Crippen molar-refractivity contribution >= 4 is 35.8 Å². The van der Waals surface area contributed by atoms with Crippen LogP contribution in [-0.4, -0.2) is 70.4 Å². The van der Waals surface area contributed by atoms with E-state index in [0.29, 0.717) is 0 Å². The average molecular weight is 378 g/mol. The molecule has 0 heterocycles. The number of aliphatic carboxylic acids is 2. The Balaban J connectivity index is 6.20. The summed E-state index contributed by atoms with van der Waals surface area (Å²) in [5, 5.41) is 18.5. The van der Waals surface area contributed by atoms with E-state index in [9.17, 15) is 39.0 Å². The fraction of sp³-hybridized carbons (Fsp3) is 0.571. The number of carbonyl (C=O) groups excluding carboxylic acids is 4. The summed E-state index contributed by atoms with van der Waals surface area (Å²) in [6.07, 6.45) is -8.70. The highest BCUT2D eigenvalue weighted by Gasteiger charge is 2.49. The molecule has 0 fully saturated rings. The Bertz CT molecular complexity index is 543. The van der Waals surface area contributed by atoms with Crippen molar-refractivity contribution in [3.63, 3.8) is 0 Å². The van der Waals surface area contributed by atoms with Gasteiger partial charge in [-0.2, -0.15) is 0 Å². The minimum Gasteiger partial charge on any atom is -0.478 e. The van der Waals surface area contributed by atoms with Crippen molar-refractivity contribution in [3.8, 4) is 0 Å². The van der Waals surface area contributed by atoms with E-state index in [4.69, 9.17) is 9.47 Å². The second-order valence-corrected chi connectivity index (χ2v) is 4.88. The van der Waals surface area contributed by atoms with E-state index in [1.807, 2.05) is 0 Å². The first-order valence-corrected chi connectivity index (χ1v) is 7.01. The number of carbonyl (C=O) groups is 6. The second kappa shape index (κ2) is 9.96. The first-order valence-electron chi connectivity index (χ1n) is 7.01. The summed E-state index contributed by atoms with van der Waals surface area (Å²) in [6, 6.07) is 0. The van der Waals surface area contributed by atoms with Crippen LogP contribution in [0.4, 0.5) is 0 Å². The van der Waals surface area contributed by atoms with Crippen molar-refractivity contribution in [2.75, 3.05) is 0 Å². The van der Waals surface area contributed by atoms with Gasteiger partial charge in [-0.05, 0) is 0 Å². The highest BCUT2D eigenvalue weighted by Crippen LogP contribution is 2.20. The van der Waals surface area contributed by atoms with Crippen LogP contribution in [0.3, 0.4) is 0 Å². The molecule has 0 radical (unpaired) electrons. The van der Waals surface area contributed by atoms with Crippen molar-refractivity contribution in [2.45, 2.75) is 52.1 Å². The number of rotatable bonds is 9. The van der Waals surface area contributed by atoms with Gasteiger partial charge in [0.05, 0.1) is 0 Å². The van der Waals surface area contributed by atoms with Gasteiger partial charge < -0.3 is 29.2 Å². The Morgan fingerprint density at radius 2 is 0.769 bits per heavy atom. The third-order valence-corrected chi connectivity index (χ3v) is 2.60. The van der Waals surface area contributed by atoms with Crippen molar-refractivity contribution in [1.82, 2.24) is 0 Å². The molecule has 12 heteroatoms. The van der Waals surface area contributed by atoms with Crippen molar-refractivity contribution in [1.29, 1.82) is 0 Å². The van der Waals surface area contributed by atoms with Gasteiger partial charge in [0.2, 0.25) is 12.2 Å². The van der Waals surface area contributed by atoms with Gasteiger partial charge in [-0.25, -0.2) is 9.59 Å². The van der Waals surface area contributed by atoms with Crippen LogP contribution in [-0.2, 0) is 47.7 Å². The molecule has 2 N–H and O–H groups in total. The van der Waals surface area contributed by atoms with E-state index in [1.165, 1.54) is 0 Å². The Morgan fingerprint density at radius 1 is 0.538 bits per heavy atom. The molecule has 12 nitrogen and oxygen atoms in total. The van der Waals surface area contributed by atoms with Gasteiger partial charge in [-0.15, -0.1) is 0 Å². The van der Waals surface area contributed by atoms with Crippen molar-refractivity contribution in [3.05, 3.63) is 0 Å². The van der Waals surface area contributed by atoms with Crippen molar-refractivity contribution in [2.24, 2.45) is 0 Å². The maximum Gasteiger partial charge on any atom is 0.349 e. The molecule has 0 saturated carbocycles. The highest BCUT2D eigenvalue weighted by atomic mass is 16.6. The second-order valence-electron chi connectivity index (χ2n) is 4.88. The zero-order valence-corrected chi connectivity index (χ0v) is 14.3. The topological polar surface area (TPSA) is 180 Å². The molecule has 146 valence electrons. The number of ether oxygens (including phenoxy) is 4. The van der Waals surface area contributed by atoms with E-state index in [2.05, 4.69) is 9.47 Å². The maximum atomic E-state index is 11.4. The first kappa shape index (κ1) is 22.8. The van der Waals surface area contributed by atoms with E-state index < -0.39 is 60.2 Å². The van der Waals surface area contributed by atoms with E-state index in [-0.39, 0.29) is 0 Å². The molecule has 0 rings (SSSR count). The van der Waals surface area contributed by atoms with Gasteiger partial charge in [0.1, 0.15) is 0 Å². The normalized spacial score (nSPS) is 14.8. The number of carboxylic acid groups (broad SMARTS) is 2. The molecule has 26 heavy (non-hydrogen) atoms. The predicted molar refractivity (Wildman–Crippen MR) is 77.5 cm³/mol. The Hall–Kier alpha value is -3.18. The molecular formula is C14H18O12. The number of hydrogen-bond donors (Lipinski definition) is 2. The summed E-state index contributed by atoms with van der Waals surface area (Å²) in [4.78, 5) is 67.7. The summed E-state index contributed by atoms with van der Waals surface area (Å²) in [5.41, 5.74) is 0.